The zero-order valence-electron chi connectivity index (χ0n) is 3.24. The van der Waals surface area contributed by atoms with Crippen molar-refractivity contribution in [1.29, 1.82) is 0 Å². The standard InChI is InChI=1S/C3H4Cl.K/c1-2-3-4;/h2-3H,1H2;/q-1;+1. The normalized spacial score (nSPS) is 4.20. The summed E-state index contributed by atoms with van der Waals surface area (Å²) in [5.41, 5.74) is 0. The van der Waals surface area contributed by atoms with Crippen LogP contribution in [-0.4, -0.2) is 0 Å². The molecule has 0 fully saturated rings. The van der Waals surface area contributed by atoms with Crippen LogP contribution in [0.25, 0.3) is 0 Å². The fraction of sp³-hybridized carbons (Fsp3) is 0. The van der Waals surface area contributed by atoms with E-state index in [4.69, 9.17) is 11.6 Å². The maximum atomic E-state index is 4.94. The van der Waals surface area contributed by atoms with Gasteiger partial charge in [-0.15, -0.1) is 5.88 Å². The van der Waals surface area contributed by atoms with Crippen LogP contribution in [0.2, 0.25) is 0 Å². The molecule has 0 aromatic rings. The summed E-state index contributed by atoms with van der Waals surface area (Å²) in [5, 5.41) is 0. The van der Waals surface area contributed by atoms with Gasteiger partial charge in [-0.1, -0.05) is 0 Å². The molecule has 0 atom stereocenters. The van der Waals surface area contributed by atoms with E-state index in [0.717, 1.165) is 0 Å². The van der Waals surface area contributed by atoms with Crippen LogP contribution in [0, 0.1) is 5.88 Å². The Labute approximate surface area is 80.0 Å². The van der Waals surface area contributed by atoms with Crippen LogP contribution in [0.15, 0.2) is 12.7 Å². The topological polar surface area (TPSA) is 0 Å². The molecule has 0 bridgehead atoms. The molecule has 0 saturated carbocycles. The third-order valence-corrected chi connectivity index (χ3v) is 0.267. The van der Waals surface area contributed by atoms with E-state index in [1.54, 1.807) is 0 Å². The molecule has 0 heterocycles. The summed E-state index contributed by atoms with van der Waals surface area (Å²) in [4.78, 5) is 0. The molecular weight excluding hydrogens is 111 g/mol. The molecule has 24 valence electrons. The van der Waals surface area contributed by atoms with E-state index >= 15 is 0 Å². The minimum Gasteiger partial charge on any atom is -0.244 e. The van der Waals surface area contributed by atoms with Crippen molar-refractivity contribution >= 4 is 11.6 Å². The molecule has 0 aromatic heterocycles. The molecule has 2 heteroatoms. The zero-order valence-corrected chi connectivity index (χ0v) is 7.12. The van der Waals surface area contributed by atoms with Gasteiger partial charge >= 0.3 is 51.4 Å². The van der Waals surface area contributed by atoms with Gasteiger partial charge in [0, 0.05) is 0 Å². The minimum atomic E-state index is 0. The molecule has 0 aliphatic carbocycles. The van der Waals surface area contributed by atoms with Crippen LogP contribution in [0.4, 0.5) is 0 Å². The van der Waals surface area contributed by atoms with Crippen molar-refractivity contribution in [1.82, 2.24) is 0 Å². The Morgan fingerprint density at radius 2 is 2.00 bits per heavy atom. The third kappa shape index (κ3) is 10.8. The van der Waals surface area contributed by atoms with Crippen molar-refractivity contribution in [3.63, 3.8) is 0 Å². The monoisotopic (exact) mass is 114 g/mol. The van der Waals surface area contributed by atoms with Crippen molar-refractivity contribution in [3.8, 4) is 0 Å². The Balaban J connectivity index is 0. The van der Waals surface area contributed by atoms with Gasteiger partial charge in [0.1, 0.15) is 0 Å². The second-order valence-electron chi connectivity index (χ2n) is 0.362. The largest absolute Gasteiger partial charge is 1.00 e. The molecule has 0 aliphatic heterocycles. The first-order valence-electron chi connectivity index (χ1n) is 0.960. The fourth-order valence-corrected chi connectivity index (χ4v) is 0. The summed E-state index contributed by atoms with van der Waals surface area (Å²) >= 11 is 4.94. The second kappa shape index (κ2) is 9.11. The molecule has 0 unspecified atom stereocenters. The van der Waals surface area contributed by atoms with Crippen molar-refractivity contribution < 1.29 is 51.4 Å². The summed E-state index contributed by atoms with van der Waals surface area (Å²) in [6, 6.07) is 0. The molecule has 0 aliphatic rings. The summed E-state index contributed by atoms with van der Waals surface area (Å²) in [7, 11) is 0. The van der Waals surface area contributed by atoms with Gasteiger partial charge in [0.05, 0.1) is 0 Å². The molecule has 0 aromatic carbocycles. The van der Waals surface area contributed by atoms with Crippen LogP contribution in [-0.2, 0) is 0 Å². The van der Waals surface area contributed by atoms with Crippen LogP contribution in [0.5, 0.6) is 0 Å². The van der Waals surface area contributed by atoms with Gasteiger partial charge < -0.3 is 0 Å². The van der Waals surface area contributed by atoms with Crippen LogP contribution >= 0.6 is 11.6 Å². The average Bonchev–Trinajstić information content (AvgIpc) is 1.37. The predicted molar refractivity (Wildman–Crippen MR) is 20.3 cm³/mol. The first-order valence-corrected chi connectivity index (χ1v) is 1.40. The van der Waals surface area contributed by atoms with E-state index in [-0.39, 0.29) is 51.4 Å². The molecule has 0 spiro atoms. The van der Waals surface area contributed by atoms with Gasteiger partial charge in [0.2, 0.25) is 0 Å². The summed E-state index contributed by atoms with van der Waals surface area (Å²) < 4.78 is 0. The van der Waals surface area contributed by atoms with Gasteiger partial charge in [-0.25, -0.2) is 24.3 Å². The molecule has 0 amide bonds. The first kappa shape index (κ1) is 9.74. The predicted octanol–water partition coefficient (Wildman–Crippen LogP) is -1.42. The molecule has 0 saturated heterocycles. The van der Waals surface area contributed by atoms with Gasteiger partial charge in [-0.3, -0.25) is 0 Å². The molecule has 0 rings (SSSR count). The summed E-state index contributed by atoms with van der Waals surface area (Å²) in [6.07, 6.45) is 1.52. The van der Waals surface area contributed by atoms with E-state index in [2.05, 4.69) is 6.58 Å². The number of halogens is 1. The number of hydrogen-bond donors (Lipinski definition) is 0. The van der Waals surface area contributed by atoms with E-state index in [0.29, 0.717) is 0 Å². The van der Waals surface area contributed by atoms with E-state index < -0.39 is 0 Å². The third-order valence-electron chi connectivity index (χ3n) is 0.0891. The maximum absolute atomic E-state index is 4.94. The molecule has 0 N–H and O–H groups in total. The molecule has 5 heavy (non-hydrogen) atoms. The van der Waals surface area contributed by atoms with Crippen LogP contribution in [0.3, 0.4) is 0 Å². The number of hydrogen-bond acceptors (Lipinski definition) is 0. The van der Waals surface area contributed by atoms with Gasteiger partial charge in [0.25, 0.3) is 0 Å². The van der Waals surface area contributed by atoms with E-state index in [1.807, 2.05) is 0 Å². The molecular formula is C3H4ClK. The van der Waals surface area contributed by atoms with Gasteiger partial charge in [-0.2, -0.15) is 0 Å². The van der Waals surface area contributed by atoms with E-state index in [9.17, 15) is 0 Å². The molecule has 0 radical (unpaired) electrons. The maximum Gasteiger partial charge on any atom is 1.00 e. The van der Waals surface area contributed by atoms with Gasteiger partial charge in [-0.05, 0) is 0 Å². The fourth-order valence-electron chi connectivity index (χ4n) is 0. The molecule has 0 nitrogen and oxygen atoms in total. The summed E-state index contributed by atoms with van der Waals surface area (Å²) in [6.45, 7) is 3.29. The van der Waals surface area contributed by atoms with E-state index in [1.165, 1.54) is 12.0 Å². The second-order valence-corrected chi connectivity index (χ2v) is 0.614. The average molecular weight is 115 g/mol. The number of allylic oxidation sites excluding steroid dienone is 1. The Bertz CT molecular complexity index is 20.9. The van der Waals surface area contributed by atoms with Crippen LogP contribution < -0.4 is 51.4 Å². The first-order chi connectivity index (χ1) is 1.91. The minimum absolute atomic E-state index is 0. The van der Waals surface area contributed by atoms with Crippen LogP contribution in [0.1, 0.15) is 0 Å². The Morgan fingerprint density at radius 1 is 1.80 bits per heavy atom. The smallest absolute Gasteiger partial charge is 0.244 e. The van der Waals surface area contributed by atoms with Gasteiger partial charge in [0.15, 0.2) is 0 Å². The Hall–Kier alpha value is 1.54. The Morgan fingerprint density at radius 3 is 2.00 bits per heavy atom. The number of rotatable bonds is 1. The quantitative estimate of drug-likeness (QED) is 0.290. The van der Waals surface area contributed by atoms with Crippen molar-refractivity contribution in [2.45, 2.75) is 0 Å². The zero-order chi connectivity index (χ0) is 3.41. The van der Waals surface area contributed by atoms with Crippen molar-refractivity contribution in [3.05, 3.63) is 18.5 Å². The van der Waals surface area contributed by atoms with Crippen molar-refractivity contribution in [2.24, 2.45) is 0 Å². The SMILES string of the molecule is C=C[CH-]Cl.[K+]. The van der Waals surface area contributed by atoms with Crippen molar-refractivity contribution in [2.75, 3.05) is 0 Å². The summed E-state index contributed by atoms with van der Waals surface area (Å²) in [5.74, 6) is 1.36. The Kier molecular flexibility index (Phi) is 17.7.